The number of aromatic nitrogens is 6. The Balaban J connectivity index is 1.45. The lowest BCUT2D eigenvalue weighted by molar-refractivity contribution is 0.628. The maximum absolute atomic E-state index is 13.3. The Morgan fingerprint density at radius 3 is 2.50 bits per heavy atom. The van der Waals surface area contributed by atoms with Gasteiger partial charge in [0, 0.05) is 23.7 Å². The van der Waals surface area contributed by atoms with E-state index in [-0.39, 0.29) is 11.9 Å². The molecule has 0 aliphatic heterocycles. The molecule has 2 aromatic carbocycles. The molecule has 0 radical (unpaired) electrons. The van der Waals surface area contributed by atoms with Gasteiger partial charge in [-0.15, -0.1) is 0 Å². The minimum Gasteiger partial charge on any atom is -0.363 e. The summed E-state index contributed by atoms with van der Waals surface area (Å²) < 4.78 is 16.8. The van der Waals surface area contributed by atoms with E-state index in [2.05, 4.69) is 44.5 Å². The van der Waals surface area contributed by atoms with Gasteiger partial charge in [0.2, 0.25) is 0 Å². The zero-order valence-electron chi connectivity index (χ0n) is 16.1. The van der Waals surface area contributed by atoms with Crippen molar-refractivity contribution < 1.29 is 4.39 Å². The van der Waals surface area contributed by atoms with E-state index in [0.717, 1.165) is 28.3 Å². The van der Waals surface area contributed by atoms with Crippen molar-refractivity contribution in [3.63, 3.8) is 0 Å². The van der Waals surface area contributed by atoms with E-state index >= 15 is 0 Å². The average molecular weight is 399 g/mol. The highest BCUT2D eigenvalue weighted by atomic mass is 19.1. The number of anilines is 1. The molecular formula is C22H18FN7. The first-order valence-electron chi connectivity index (χ1n) is 9.49. The Bertz CT molecular complexity index is 1280. The van der Waals surface area contributed by atoms with Crippen LogP contribution in [0.25, 0.3) is 22.6 Å². The van der Waals surface area contributed by atoms with E-state index in [1.54, 1.807) is 33.9 Å². The fourth-order valence-electron chi connectivity index (χ4n) is 3.35. The minimum absolute atomic E-state index is 0.0191. The van der Waals surface area contributed by atoms with Gasteiger partial charge in [-0.1, -0.05) is 12.1 Å². The highest BCUT2D eigenvalue weighted by Gasteiger charge is 2.12. The Hall–Kier alpha value is -4.07. The van der Waals surface area contributed by atoms with Gasteiger partial charge in [0.1, 0.15) is 24.3 Å². The van der Waals surface area contributed by atoms with Crippen LogP contribution >= 0.6 is 0 Å². The third-order valence-corrected chi connectivity index (χ3v) is 4.94. The van der Waals surface area contributed by atoms with Gasteiger partial charge in [-0.2, -0.15) is 14.7 Å². The lowest BCUT2D eigenvalue weighted by Crippen LogP contribution is -2.11. The van der Waals surface area contributed by atoms with Crippen LogP contribution in [0.5, 0.6) is 0 Å². The Labute approximate surface area is 171 Å². The SMILES string of the molecule is CC(Nc1cc(-c2ccc(F)cc2)nc2ccnn12)c1ccc(-n2cncn2)cc1. The zero-order valence-corrected chi connectivity index (χ0v) is 16.1. The van der Waals surface area contributed by atoms with Gasteiger partial charge in [-0.05, 0) is 48.9 Å². The smallest absolute Gasteiger partial charge is 0.157 e. The normalized spacial score (nSPS) is 12.2. The number of halogens is 1. The number of benzene rings is 2. The highest BCUT2D eigenvalue weighted by molar-refractivity contribution is 5.66. The van der Waals surface area contributed by atoms with Crippen LogP contribution in [0.1, 0.15) is 18.5 Å². The molecule has 0 aliphatic rings. The largest absolute Gasteiger partial charge is 0.363 e. The van der Waals surface area contributed by atoms with Crippen LogP contribution < -0.4 is 5.32 Å². The number of nitrogens with one attached hydrogen (secondary N) is 1. The molecule has 0 bridgehead atoms. The predicted molar refractivity (Wildman–Crippen MR) is 112 cm³/mol. The fraction of sp³-hybridized carbons (Fsp3) is 0.0909. The van der Waals surface area contributed by atoms with Gasteiger partial charge in [0.15, 0.2) is 5.65 Å². The van der Waals surface area contributed by atoms with Crippen molar-refractivity contribution in [2.24, 2.45) is 0 Å². The summed E-state index contributed by atoms with van der Waals surface area (Å²) >= 11 is 0. The van der Waals surface area contributed by atoms with E-state index in [1.165, 1.54) is 18.5 Å². The van der Waals surface area contributed by atoms with Crippen LogP contribution in [0.3, 0.4) is 0 Å². The van der Waals surface area contributed by atoms with Gasteiger partial charge in [-0.25, -0.2) is 19.0 Å². The molecule has 0 saturated carbocycles. The lowest BCUT2D eigenvalue weighted by atomic mass is 10.1. The summed E-state index contributed by atoms with van der Waals surface area (Å²) in [6.07, 6.45) is 4.88. The second-order valence-electron chi connectivity index (χ2n) is 6.93. The topological polar surface area (TPSA) is 72.9 Å². The Morgan fingerprint density at radius 2 is 1.77 bits per heavy atom. The second-order valence-corrected chi connectivity index (χ2v) is 6.93. The maximum atomic E-state index is 13.3. The van der Waals surface area contributed by atoms with E-state index < -0.39 is 0 Å². The molecule has 0 aliphatic carbocycles. The molecule has 148 valence electrons. The van der Waals surface area contributed by atoms with E-state index in [9.17, 15) is 4.39 Å². The number of hydrogen-bond acceptors (Lipinski definition) is 5. The molecular weight excluding hydrogens is 381 g/mol. The van der Waals surface area contributed by atoms with Crippen LogP contribution in [-0.2, 0) is 0 Å². The standard InChI is InChI=1S/C22H18FN7/c1-15(16-4-8-19(9-5-16)29-14-24-13-26-29)27-22-12-20(17-2-6-18(23)7-3-17)28-21-10-11-25-30(21)22/h2-15,27H,1H3. The molecule has 0 amide bonds. The van der Waals surface area contributed by atoms with E-state index in [4.69, 9.17) is 0 Å². The summed E-state index contributed by atoms with van der Waals surface area (Å²) in [7, 11) is 0. The molecule has 1 unspecified atom stereocenters. The monoisotopic (exact) mass is 399 g/mol. The quantitative estimate of drug-likeness (QED) is 0.477. The predicted octanol–water partition coefficient (Wildman–Crippen LogP) is 4.29. The first kappa shape index (κ1) is 18.0. The highest BCUT2D eigenvalue weighted by Crippen LogP contribution is 2.26. The van der Waals surface area contributed by atoms with Crippen molar-refractivity contribution in [2.75, 3.05) is 5.32 Å². The van der Waals surface area contributed by atoms with Crippen LogP contribution in [0.4, 0.5) is 10.2 Å². The van der Waals surface area contributed by atoms with Gasteiger partial charge in [0.25, 0.3) is 0 Å². The van der Waals surface area contributed by atoms with Crippen LogP contribution in [0.2, 0.25) is 0 Å². The summed E-state index contributed by atoms with van der Waals surface area (Å²) in [6.45, 7) is 2.08. The van der Waals surface area contributed by atoms with Crippen molar-refractivity contribution in [3.8, 4) is 16.9 Å². The molecule has 0 saturated heterocycles. The molecule has 3 heterocycles. The van der Waals surface area contributed by atoms with E-state index in [0.29, 0.717) is 5.65 Å². The molecule has 3 aromatic heterocycles. The fourth-order valence-corrected chi connectivity index (χ4v) is 3.35. The third-order valence-electron chi connectivity index (χ3n) is 4.94. The van der Waals surface area contributed by atoms with Crippen molar-refractivity contribution >= 4 is 11.5 Å². The molecule has 30 heavy (non-hydrogen) atoms. The Kier molecular flexibility index (Phi) is 4.44. The molecule has 0 spiro atoms. The number of rotatable bonds is 5. The van der Waals surface area contributed by atoms with Gasteiger partial charge < -0.3 is 5.32 Å². The Morgan fingerprint density at radius 1 is 0.967 bits per heavy atom. The average Bonchev–Trinajstić information content (AvgIpc) is 3.46. The molecule has 1 N–H and O–H groups in total. The lowest BCUT2D eigenvalue weighted by Gasteiger charge is -2.17. The molecule has 5 rings (SSSR count). The summed E-state index contributed by atoms with van der Waals surface area (Å²) in [4.78, 5) is 8.62. The number of fused-ring (bicyclic) bond motifs is 1. The maximum Gasteiger partial charge on any atom is 0.157 e. The van der Waals surface area contributed by atoms with Crippen molar-refractivity contribution in [2.45, 2.75) is 13.0 Å². The molecule has 8 heteroatoms. The summed E-state index contributed by atoms with van der Waals surface area (Å²) in [6, 6.07) is 18.2. The van der Waals surface area contributed by atoms with Crippen molar-refractivity contribution in [1.82, 2.24) is 29.4 Å². The second kappa shape index (κ2) is 7.40. The molecule has 0 fully saturated rings. The number of hydrogen-bond donors (Lipinski definition) is 1. The summed E-state index contributed by atoms with van der Waals surface area (Å²) in [5.41, 5.74) is 4.36. The molecule has 5 aromatic rings. The first-order valence-corrected chi connectivity index (χ1v) is 9.49. The third kappa shape index (κ3) is 3.39. The number of nitrogens with zero attached hydrogens (tertiary/aromatic N) is 6. The van der Waals surface area contributed by atoms with E-state index in [1.807, 2.05) is 24.3 Å². The van der Waals surface area contributed by atoms with Crippen molar-refractivity contribution in [1.29, 1.82) is 0 Å². The van der Waals surface area contributed by atoms with Crippen LogP contribution in [0.15, 0.2) is 79.5 Å². The summed E-state index contributed by atoms with van der Waals surface area (Å²) in [5, 5.41) is 12.0. The molecule has 7 nitrogen and oxygen atoms in total. The van der Waals surface area contributed by atoms with Gasteiger partial charge >= 0.3 is 0 Å². The zero-order chi connectivity index (χ0) is 20.5. The molecule has 1 atom stereocenters. The first-order chi connectivity index (χ1) is 14.7. The van der Waals surface area contributed by atoms with Gasteiger partial charge in [-0.3, -0.25) is 0 Å². The minimum atomic E-state index is -0.273. The van der Waals surface area contributed by atoms with Crippen molar-refractivity contribution in [3.05, 3.63) is 90.9 Å². The van der Waals surface area contributed by atoms with Gasteiger partial charge in [0.05, 0.1) is 17.6 Å². The summed E-state index contributed by atoms with van der Waals surface area (Å²) in [5.74, 6) is 0.530. The van der Waals surface area contributed by atoms with Crippen LogP contribution in [0, 0.1) is 5.82 Å². The van der Waals surface area contributed by atoms with Crippen LogP contribution in [-0.4, -0.2) is 29.4 Å².